The van der Waals surface area contributed by atoms with Crippen LogP contribution in [0, 0.1) is 5.92 Å². The van der Waals surface area contributed by atoms with Crippen molar-refractivity contribution in [2.24, 2.45) is 5.92 Å². The van der Waals surface area contributed by atoms with Gasteiger partial charge < -0.3 is 5.32 Å². The number of hydrogen-bond donors (Lipinski definition) is 1. The SMILES string of the molecule is CCC(NCc1cccc(Cl)c1Cl)C1CCCCC1. The third kappa shape index (κ3) is 4.11. The molecular weight excluding hydrogens is 277 g/mol. The van der Waals surface area contributed by atoms with Crippen molar-refractivity contribution in [1.82, 2.24) is 5.32 Å². The van der Waals surface area contributed by atoms with Gasteiger partial charge >= 0.3 is 0 Å². The van der Waals surface area contributed by atoms with Crippen LogP contribution in [0.15, 0.2) is 18.2 Å². The number of benzene rings is 1. The molecule has 0 aromatic heterocycles. The van der Waals surface area contributed by atoms with Crippen molar-refractivity contribution in [3.05, 3.63) is 33.8 Å². The minimum atomic E-state index is 0.607. The van der Waals surface area contributed by atoms with Crippen LogP contribution < -0.4 is 5.32 Å². The van der Waals surface area contributed by atoms with Crippen molar-refractivity contribution in [1.29, 1.82) is 0 Å². The van der Waals surface area contributed by atoms with E-state index in [-0.39, 0.29) is 0 Å². The Morgan fingerprint density at radius 1 is 1.21 bits per heavy atom. The molecule has 0 saturated heterocycles. The lowest BCUT2D eigenvalue weighted by atomic mass is 9.83. The van der Waals surface area contributed by atoms with Crippen molar-refractivity contribution in [2.75, 3.05) is 0 Å². The molecule has 0 radical (unpaired) electrons. The van der Waals surface area contributed by atoms with E-state index in [0.717, 1.165) is 18.0 Å². The predicted octanol–water partition coefficient (Wildman–Crippen LogP) is 5.44. The molecule has 1 fully saturated rings. The van der Waals surface area contributed by atoms with Crippen molar-refractivity contribution >= 4 is 23.2 Å². The standard InChI is InChI=1S/C16H23Cl2N/c1-2-15(12-7-4-3-5-8-12)19-11-13-9-6-10-14(17)16(13)18/h6,9-10,12,15,19H,2-5,7-8,11H2,1H3. The van der Waals surface area contributed by atoms with E-state index >= 15 is 0 Å². The fourth-order valence-electron chi connectivity index (χ4n) is 3.11. The van der Waals surface area contributed by atoms with Gasteiger partial charge in [-0.3, -0.25) is 0 Å². The molecule has 0 spiro atoms. The van der Waals surface area contributed by atoms with Crippen LogP contribution in [-0.2, 0) is 6.54 Å². The molecule has 106 valence electrons. The van der Waals surface area contributed by atoms with E-state index < -0.39 is 0 Å². The highest BCUT2D eigenvalue weighted by Gasteiger charge is 2.21. The minimum Gasteiger partial charge on any atom is -0.310 e. The van der Waals surface area contributed by atoms with E-state index in [2.05, 4.69) is 18.3 Å². The summed E-state index contributed by atoms with van der Waals surface area (Å²) in [6.07, 6.45) is 8.11. The maximum absolute atomic E-state index is 6.23. The van der Waals surface area contributed by atoms with Gasteiger partial charge in [-0.25, -0.2) is 0 Å². The van der Waals surface area contributed by atoms with Gasteiger partial charge in [-0.1, -0.05) is 61.5 Å². The van der Waals surface area contributed by atoms with Crippen LogP contribution in [0.25, 0.3) is 0 Å². The number of nitrogens with one attached hydrogen (secondary N) is 1. The quantitative estimate of drug-likeness (QED) is 0.763. The third-order valence-corrected chi connectivity index (χ3v) is 5.10. The van der Waals surface area contributed by atoms with E-state index in [0.29, 0.717) is 16.1 Å². The van der Waals surface area contributed by atoms with Gasteiger partial charge in [0, 0.05) is 12.6 Å². The lowest BCUT2D eigenvalue weighted by Crippen LogP contribution is -2.36. The average Bonchev–Trinajstić information content (AvgIpc) is 2.45. The highest BCUT2D eigenvalue weighted by Crippen LogP contribution is 2.29. The maximum atomic E-state index is 6.23. The second-order valence-corrected chi connectivity index (χ2v) is 6.29. The monoisotopic (exact) mass is 299 g/mol. The lowest BCUT2D eigenvalue weighted by molar-refractivity contribution is 0.262. The van der Waals surface area contributed by atoms with Gasteiger partial charge in [0.15, 0.2) is 0 Å². The first-order valence-electron chi connectivity index (χ1n) is 7.38. The second kappa shape index (κ2) is 7.52. The first-order valence-corrected chi connectivity index (χ1v) is 8.14. The van der Waals surface area contributed by atoms with Gasteiger partial charge in [-0.15, -0.1) is 0 Å². The molecule has 1 aliphatic rings. The zero-order valence-electron chi connectivity index (χ0n) is 11.6. The predicted molar refractivity (Wildman–Crippen MR) is 84.0 cm³/mol. The summed E-state index contributed by atoms with van der Waals surface area (Å²) in [5.74, 6) is 0.830. The highest BCUT2D eigenvalue weighted by atomic mass is 35.5. The molecule has 3 heteroatoms. The Morgan fingerprint density at radius 3 is 2.63 bits per heavy atom. The summed E-state index contributed by atoms with van der Waals surface area (Å²) in [6, 6.07) is 6.46. The molecule has 0 aliphatic heterocycles. The summed E-state index contributed by atoms with van der Waals surface area (Å²) in [5, 5.41) is 5.02. The smallest absolute Gasteiger partial charge is 0.0637 e. The van der Waals surface area contributed by atoms with Crippen molar-refractivity contribution in [2.45, 2.75) is 58.0 Å². The summed E-state index contributed by atoms with van der Waals surface area (Å²) < 4.78 is 0. The van der Waals surface area contributed by atoms with E-state index in [1.54, 1.807) is 0 Å². The van der Waals surface area contributed by atoms with Crippen LogP contribution in [0.4, 0.5) is 0 Å². The maximum Gasteiger partial charge on any atom is 0.0637 e. The van der Waals surface area contributed by atoms with Gasteiger partial charge in [-0.05, 0) is 36.8 Å². The Hall–Kier alpha value is -0.240. The molecule has 1 aromatic carbocycles. The Labute approximate surface area is 126 Å². The van der Waals surface area contributed by atoms with Crippen molar-refractivity contribution < 1.29 is 0 Å². The van der Waals surface area contributed by atoms with Crippen LogP contribution in [0.3, 0.4) is 0 Å². The zero-order valence-corrected chi connectivity index (χ0v) is 13.1. The Kier molecular flexibility index (Phi) is 6.00. The molecule has 19 heavy (non-hydrogen) atoms. The molecule has 0 bridgehead atoms. The largest absolute Gasteiger partial charge is 0.310 e. The molecule has 1 N–H and O–H groups in total. The van der Waals surface area contributed by atoms with Crippen molar-refractivity contribution in [3.63, 3.8) is 0 Å². The zero-order chi connectivity index (χ0) is 13.7. The Balaban J connectivity index is 1.93. The van der Waals surface area contributed by atoms with E-state index in [9.17, 15) is 0 Å². The van der Waals surface area contributed by atoms with Gasteiger partial charge in [0.05, 0.1) is 10.0 Å². The molecule has 1 aromatic rings. The van der Waals surface area contributed by atoms with Crippen molar-refractivity contribution in [3.8, 4) is 0 Å². The second-order valence-electron chi connectivity index (χ2n) is 5.51. The fraction of sp³-hybridized carbons (Fsp3) is 0.625. The van der Waals surface area contributed by atoms with Crippen LogP contribution in [0.5, 0.6) is 0 Å². The Morgan fingerprint density at radius 2 is 1.95 bits per heavy atom. The molecule has 1 saturated carbocycles. The molecular formula is C16H23Cl2N. The molecule has 1 nitrogen and oxygen atoms in total. The van der Waals surface area contributed by atoms with Crippen LogP contribution in [0.1, 0.15) is 51.0 Å². The van der Waals surface area contributed by atoms with E-state index in [4.69, 9.17) is 23.2 Å². The molecule has 1 atom stereocenters. The van der Waals surface area contributed by atoms with Gasteiger partial charge in [0.25, 0.3) is 0 Å². The van der Waals surface area contributed by atoms with E-state index in [1.807, 2.05) is 12.1 Å². The molecule has 1 unspecified atom stereocenters. The normalized spacial score (nSPS) is 18.5. The first kappa shape index (κ1) is 15.2. The summed E-state index contributed by atoms with van der Waals surface area (Å²) >= 11 is 12.3. The fourth-order valence-corrected chi connectivity index (χ4v) is 3.49. The highest BCUT2D eigenvalue weighted by molar-refractivity contribution is 6.42. The van der Waals surface area contributed by atoms with Crippen LogP contribution >= 0.6 is 23.2 Å². The van der Waals surface area contributed by atoms with Gasteiger partial charge in [0.2, 0.25) is 0 Å². The molecule has 0 heterocycles. The molecule has 0 amide bonds. The minimum absolute atomic E-state index is 0.607. The number of halogens is 2. The average molecular weight is 300 g/mol. The Bertz CT molecular complexity index is 400. The summed E-state index contributed by atoms with van der Waals surface area (Å²) in [6.45, 7) is 3.08. The number of rotatable bonds is 5. The third-order valence-electron chi connectivity index (χ3n) is 4.24. The van der Waals surface area contributed by atoms with Gasteiger partial charge in [0.1, 0.15) is 0 Å². The topological polar surface area (TPSA) is 12.0 Å². The lowest BCUT2D eigenvalue weighted by Gasteiger charge is -2.30. The summed E-state index contributed by atoms with van der Waals surface area (Å²) in [5.41, 5.74) is 1.10. The molecule has 2 rings (SSSR count). The van der Waals surface area contributed by atoms with Crippen LogP contribution in [-0.4, -0.2) is 6.04 Å². The van der Waals surface area contributed by atoms with Gasteiger partial charge in [-0.2, -0.15) is 0 Å². The van der Waals surface area contributed by atoms with E-state index in [1.165, 1.54) is 38.5 Å². The first-order chi connectivity index (χ1) is 9.22. The molecule has 1 aliphatic carbocycles. The van der Waals surface area contributed by atoms with Crippen LogP contribution in [0.2, 0.25) is 10.0 Å². The number of hydrogen-bond acceptors (Lipinski definition) is 1. The summed E-state index contributed by atoms with van der Waals surface area (Å²) in [4.78, 5) is 0. The summed E-state index contributed by atoms with van der Waals surface area (Å²) in [7, 11) is 0.